The van der Waals surface area contributed by atoms with Gasteiger partial charge in [0, 0.05) is 12.4 Å². The number of thiophene rings is 1. The largest absolute Gasteiger partial charge is 0.367 e. The predicted octanol–water partition coefficient (Wildman–Crippen LogP) is 0.563. The van der Waals surface area contributed by atoms with Crippen LogP contribution in [0.2, 0.25) is 0 Å². The van der Waals surface area contributed by atoms with Crippen molar-refractivity contribution >= 4 is 34.8 Å². The third-order valence-electron chi connectivity index (χ3n) is 4.49. The molecule has 2 rings (SSSR count). The van der Waals surface area contributed by atoms with Crippen LogP contribution >= 0.6 is 11.3 Å². The van der Waals surface area contributed by atoms with Crippen molar-refractivity contribution in [3.8, 4) is 0 Å². The Kier molecular flexibility index (Phi) is 7.09. The van der Waals surface area contributed by atoms with Crippen molar-refractivity contribution in [3.05, 3.63) is 22.4 Å². The number of carbonyl (C=O) groups is 4. The van der Waals surface area contributed by atoms with Gasteiger partial charge in [-0.05, 0) is 30.2 Å². The summed E-state index contributed by atoms with van der Waals surface area (Å²) < 4.78 is 5.12. The maximum atomic E-state index is 13.0. The molecule has 0 aromatic carbocycles. The first-order valence-electron chi connectivity index (χ1n) is 8.75. The van der Waals surface area contributed by atoms with Gasteiger partial charge in [-0.15, -0.1) is 0 Å². The van der Waals surface area contributed by atoms with E-state index in [9.17, 15) is 19.2 Å². The molecule has 2 heterocycles. The van der Waals surface area contributed by atoms with E-state index in [1.807, 2.05) is 13.8 Å². The molecule has 1 aliphatic heterocycles. The number of ketones is 1. The zero-order valence-corrected chi connectivity index (χ0v) is 16.5. The number of hydrogen-bond acceptors (Lipinski definition) is 6. The van der Waals surface area contributed by atoms with Crippen LogP contribution in [0.1, 0.15) is 37.0 Å². The van der Waals surface area contributed by atoms with E-state index < -0.39 is 30.0 Å². The smallest absolute Gasteiger partial charge is 0.252 e. The standard InChI is InChI=1S/C18H25N3O5S/c1-10(2)4-5-12(20-17(24)11-6-7-27-9-11)18(25)21(3)14-13(22)8-26-15(14)16(19)23/h6-7,9-10,12,14-15H,4-5,8H2,1-3H3,(H2,19,23)(H,20,24)/t12-,14?,15?/m0/s1. The highest BCUT2D eigenvalue weighted by atomic mass is 32.1. The quantitative estimate of drug-likeness (QED) is 0.667. The van der Waals surface area contributed by atoms with Crippen LogP contribution in [-0.4, -0.2) is 60.2 Å². The molecule has 3 amide bonds. The summed E-state index contributed by atoms with van der Waals surface area (Å²) in [4.78, 5) is 50.3. The number of ether oxygens (including phenoxy) is 1. The fourth-order valence-electron chi connectivity index (χ4n) is 2.95. The third-order valence-corrected chi connectivity index (χ3v) is 5.17. The lowest BCUT2D eigenvalue weighted by atomic mass is 10.0. The monoisotopic (exact) mass is 395 g/mol. The molecule has 0 radical (unpaired) electrons. The topological polar surface area (TPSA) is 119 Å². The minimum Gasteiger partial charge on any atom is -0.367 e. The first-order chi connectivity index (χ1) is 12.7. The molecule has 1 aromatic heterocycles. The van der Waals surface area contributed by atoms with Crippen molar-refractivity contribution in [2.75, 3.05) is 13.7 Å². The Hall–Kier alpha value is -2.26. The zero-order chi connectivity index (χ0) is 20.1. The first-order valence-corrected chi connectivity index (χ1v) is 9.70. The molecule has 1 fully saturated rings. The third kappa shape index (κ3) is 5.14. The number of carbonyl (C=O) groups excluding carboxylic acids is 4. The van der Waals surface area contributed by atoms with Gasteiger partial charge in [-0.2, -0.15) is 11.3 Å². The van der Waals surface area contributed by atoms with Gasteiger partial charge in [0.05, 0.1) is 5.56 Å². The first kappa shape index (κ1) is 21.0. The van der Waals surface area contributed by atoms with Crippen molar-refractivity contribution in [2.24, 2.45) is 11.7 Å². The normalized spacial score (nSPS) is 20.5. The molecule has 0 saturated carbocycles. The Morgan fingerprint density at radius 3 is 2.63 bits per heavy atom. The molecule has 9 heteroatoms. The van der Waals surface area contributed by atoms with Gasteiger partial charge in [-0.25, -0.2) is 0 Å². The van der Waals surface area contributed by atoms with Crippen molar-refractivity contribution < 1.29 is 23.9 Å². The summed E-state index contributed by atoms with van der Waals surface area (Å²) in [5.74, 6) is -1.66. The van der Waals surface area contributed by atoms with Gasteiger partial charge in [0.2, 0.25) is 11.8 Å². The minimum absolute atomic E-state index is 0.270. The van der Waals surface area contributed by atoms with E-state index in [0.29, 0.717) is 24.3 Å². The van der Waals surface area contributed by atoms with Crippen LogP contribution in [0.3, 0.4) is 0 Å². The van der Waals surface area contributed by atoms with E-state index >= 15 is 0 Å². The van der Waals surface area contributed by atoms with Crippen LogP contribution < -0.4 is 11.1 Å². The Morgan fingerprint density at radius 2 is 2.07 bits per heavy atom. The molecule has 1 aliphatic rings. The highest BCUT2D eigenvalue weighted by molar-refractivity contribution is 7.08. The second kappa shape index (κ2) is 9.09. The number of likely N-dealkylation sites (N-methyl/N-ethyl adjacent to an activating group) is 1. The minimum atomic E-state index is -1.18. The van der Waals surface area contributed by atoms with Crippen LogP contribution in [0.25, 0.3) is 0 Å². The average Bonchev–Trinajstić information content (AvgIpc) is 3.26. The van der Waals surface area contributed by atoms with E-state index in [4.69, 9.17) is 10.5 Å². The Labute approximate surface area is 162 Å². The lowest BCUT2D eigenvalue weighted by Crippen LogP contribution is -2.56. The summed E-state index contributed by atoms with van der Waals surface area (Å²) in [7, 11) is 1.43. The van der Waals surface area contributed by atoms with Gasteiger partial charge in [-0.1, -0.05) is 13.8 Å². The molecule has 148 valence electrons. The Morgan fingerprint density at radius 1 is 1.37 bits per heavy atom. The number of nitrogens with two attached hydrogens (primary N) is 1. The summed E-state index contributed by atoms with van der Waals surface area (Å²) in [6, 6.07) is -0.216. The second-order valence-electron chi connectivity index (χ2n) is 7.00. The number of nitrogens with zero attached hydrogens (tertiary/aromatic N) is 1. The summed E-state index contributed by atoms with van der Waals surface area (Å²) in [6.45, 7) is 3.76. The highest BCUT2D eigenvalue weighted by Crippen LogP contribution is 2.19. The zero-order valence-electron chi connectivity index (χ0n) is 15.6. The van der Waals surface area contributed by atoms with Crippen molar-refractivity contribution in [3.63, 3.8) is 0 Å². The molecule has 1 aromatic rings. The molecular formula is C18H25N3O5S. The van der Waals surface area contributed by atoms with E-state index in [1.165, 1.54) is 23.3 Å². The number of primary amides is 1. The SMILES string of the molecule is CC(C)CC[C@H](NC(=O)c1ccsc1)C(=O)N(C)C1C(=O)COC1C(N)=O. The van der Waals surface area contributed by atoms with E-state index in [1.54, 1.807) is 16.8 Å². The number of amides is 3. The van der Waals surface area contributed by atoms with Crippen LogP contribution in [0, 0.1) is 5.92 Å². The van der Waals surface area contributed by atoms with E-state index in [2.05, 4.69) is 5.32 Å². The summed E-state index contributed by atoms with van der Waals surface area (Å²) in [6.07, 6.45) is -0.0489. The van der Waals surface area contributed by atoms with E-state index in [-0.39, 0.29) is 18.3 Å². The highest BCUT2D eigenvalue weighted by Gasteiger charge is 2.45. The number of Topliss-reactive ketones (excluding diaryl/α,β-unsaturated/α-hetero) is 1. The molecule has 8 nitrogen and oxygen atoms in total. The lowest BCUT2D eigenvalue weighted by molar-refractivity contribution is -0.141. The maximum Gasteiger partial charge on any atom is 0.252 e. The molecule has 0 bridgehead atoms. The summed E-state index contributed by atoms with van der Waals surface area (Å²) in [5.41, 5.74) is 5.76. The summed E-state index contributed by atoms with van der Waals surface area (Å²) >= 11 is 1.38. The van der Waals surface area contributed by atoms with E-state index in [0.717, 1.165) is 0 Å². The van der Waals surface area contributed by atoms with Gasteiger partial charge in [-0.3, -0.25) is 19.2 Å². The fourth-order valence-corrected chi connectivity index (χ4v) is 3.59. The van der Waals surface area contributed by atoms with Gasteiger partial charge < -0.3 is 20.7 Å². The van der Waals surface area contributed by atoms with Gasteiger partial charge in [0.1, 0.15) is 18.7 Å². The van der Waals surface area contributed by atoms with Crippen LogP contribution in [0.15, 0.2) is 16.8 Å². The van der Waals surface area contributed by atoms with Crippen molar-refractivity contribution in [1.82, 2.24) is 10.2 Å². The van der Waals surface area contributed by atoms with Gasteiger partial charge >= 0.3 is 0 Å². The molecule has 0 aliphatic carbocycles. The lowest BCUT2D eigenvalue weighted by Gasteiger charge is -2.30. The molecule has 3 N–H and O–H groups in total. The molecule has 0 spiro atoms. The van der Waals surface area contributed by atoms with Crippen LogP contribution in [-0.2, 0) is 19.1 Å². The van der Waals surface area contributed by atoms with Crippen LogP contribution in [0.5, 0.6) is 0 Å². The molecule has 27 heavy (non-hydrogen) atoms. The molecule has 1 saturated heterocycles. The molecule has 3 atom stereocenters. The maximum absolute atomic E-state index is 13.0. The van der Waals surface area contributed by atoms with Crippen molar-refractivity contribution in [1.29, 1.82) is 0 Å². The fraction of sp³-hybridized carbons (Fsp3) is 0.556. The second-order valence-corrected chi connectivity index (χ2v) is 7.78. The average molecular weight is 395 g/mol. The Balaban J connectivity index is 2.17. The van der Waals surface area contributed by atoms with Gasteiger partial charge in [0.15, 0.2) is 11.9 Å². The van der Waals surface area contributed by atoms with Crippen LogP contribution in [0.4, 0.5) is 0 Å². The number of hydrogen-bond donors (Lipinski definition) is 2. The predicted molar refractivity (Wildman–Crippen MR) is 100 cm³/mol. The summed E-state index contributed by atoms with van der Waals surface area (Å²) in [5, 5.41) is 6.22. The number of nitrogens with one attached hydrogen (secondary N) is 1. The Bertz CT molecular complexity index is 704. The number of rotatable bonds is 8. The molecular weight excluding hydrogens is 370 g/mol. The molecule has 2 unspecified atom stereocenters. The van der Waals surface area contributed by atoms with Crippen molar-refractivity contribution in [2.45, 2.75) is 44.9 Å². The van der Waals surface area contributed by atoms with Gasteiger partial charge in [0.25, 0.3) is 5.91 Å².